The number of aryl methyl sites for hydroxylation is 2. The van der Waals surface area contributed by atoms with Crippen molar-refractivity contribution < 1.29 is 23.5 Å². The van der Waals surface area contributed by atoms with Gasteiger partial charge in [0.2, 0.25) is 0 Å². The molecule has 0 aliphatic carbocycles. The van der Waals surface area contributed by atoms with E-state index in [1.54, 1.807) is 13.0 Å². The average Bonchev–Trinajstić information content (AvgIpc) is 3.03. The second-order valence-corrected chi connectivity index (χ2v) is 7.54. The summed E-state index contributed by atoms with van der Waals surface area (Å²) in [6.45, 7) is 5.77. The van der Waals surface area contributed by atoms with Gasteiger partial charge in [0.15, 0.2) is 6.61 Å². The van der Waals surface area contributed by atoms with Crippen LogP contribution in [0.4, 0.5) is 0 Å². The van der Waals surface area contributed by atoms with Gasteiger partial charge in [0.05, 0.1) is 12.5 Å². The van der Waals surface area contributed by atoms with Crippen LogP contribution in [0.15, 0.2) is 21.3 Å². The summed E-state index contributed by atoms with van der Waals surface area (Å²) in [4.78, 5) is 38.0. The van der Waals surface area contributed by atoms with Crippen LogP contribution in [-0.4, -0.2) is 56.2 Å². The zero-order valence-electron chi connectivity index (χ0n) is 17.3. The third kappa shape index (κ3) is 4.27. The Morgan fingerprint density at radius 2 is 1.97 bits per heavy atom. The first-order chi connectivity index (χ1) is 13.7. The van der Waals surface area contributed by atoms with Gasteiger partial charge in [0.1, 0.15) is 17.4 Å². The number of likely N-dealkylation sites (tertiary alicyclic amines) is 1. The molecule has 1 fully saturated rings. The lowest BCUT2D eigenvalue weighted by molar-refractivity contribution is -0.145. The molecule has 2 aromatic rings. The fraction of sp³-hybridized carbons (Fsp3) is 0.476. The van der Waals surface area contributed by atoms with E-state index in [0.717, 1.165) is 11.1 Å². The van der Waals surface area contributed by atoms with Gasteiger partial charge in [-0.3, -0.25) is 14.5 Å². The van der Waals surface area contributed by atoms with Crippen LogP contribution < -0.4 is 15.7 Å². The van der Waals surface area contributed by atoms with E-state index in [-0.39, 0.29) is 36.2 Å². The van der Waals surface area contributed by atoms with Crippen LogP contribution in [0.1, 0.15) is 23.1 Å². The van der Waals surface area contributed by atoms with E-state index < -0.39 is 0 Å². The third-order valence-corrected chi connectivity index (χ3v) is 5.40. The van der Waals surface area contributed by atoms with Crippen molar-refractivity contribution in [2.45, 2.75) is 39.3 Å². The van der Waals surface area contributed by atoms with Gasteiger partial charge >= 0.3 is 11.6 Å². The van der Waals surface area contributed by atoms with E-state index in [4.69, 9.17) is 13.9 Å². The van der Waals surface area contributed by atoms with E-state index >= 15 is 0 Å². The zero-order chi connectivity index (χ0) is 21.3. The number of carbonyl (C=O) groups excluding carboxylic acids is 2. The Kier molecular flexibility index (Phi) is 5.93. The highest BCUT2D eigenvalue weighted by Gasteiger charge is 2.35. The summed E-state index contributed by atoms with van der Waals surface area (Å²) >= 11 is 0. The molecule has 1 aliphatic rings. The number of esters is 1. The van der Waals surface area contributed by atoms with E-state index in [1.165, 1.54) is 7.11 Å². The molecule has 0 spiro atoms. The summed E-state index contributed by atoms with van der Waals surface area (Å²) < 4.78 is 16.0. The van der Waals surface area contributed by atoms with Crippen molar-refractivity contribution in [2.75, 3.05) is 27.3 Å². The van der Waals surface area contributed by atoms with Crippen molar-refractivity contribution in [1.82, 2.24) is 10.2 Å². The van der Waals surface area contributed by atoms with Gasteiger partial charge in [-0.25, -0.2) is 4.79 Å². The van der Waals surface area contributed by atoms with Gasteiger partial charge in [-0.05, 0) is 57.5 Å². The van der Waals surface area contributed by atoms with Crippen molar-refractivity contribution in [2.24, 2.45) is 0 Å². The normalized spacial score (nSPS) is 19.3. The number of hydrogen-bond donors (Lipinski definition) is 1. The Balaban J connectivity index is 1.71. The molecule has 1 saturated heterocycles. The Morgan fingerprint density at radius 1 is 1.24 bits per heavy atom. The fourth-order valence-electron chi connectivity index (χ4n) is 3.73. The Morgan fingerprint density at radius 3 is 2.66 bits per heavy atom. The van der Waals surface area contributed by atoms with Crippen molar-refractivity contribution in [3.8, 4) is 5.75 Å². The van der Waals surface area contributed by atoms with Crippen LogP contribution in [0.5, 0.6) is 5.75 Å². The number of ether oxygens (including phenoxy) is 2. The Bertz CT molecular complexity index is 1010. The van der Waals surface area contributed by atoms with Gasteiger partial charge in [-0.2, -0.15) is 0 Å². The maximum absolute atomic E-state index is 12.4. The van der Waals surface area contributed by atoms with Crippen LogP contribution >= 0.6 is 0 Å². The molecule has 1 N–H and O–H groups in total. The summed E-state index contributed by atoms with van der Waals surface area (Å²) in [5, 5.41) is 3.59. The monoisotopic (exact) mass is 402 g/mol. The number of carbonyl (C=O) groups is 2. The highest BCUT2D eigenvalue weighted by Crippen LogP contribution is 2.30. The van der Waals surface area contributed by atoms with E-state index in [9.17, 15) is 14.4 Å². The van der Waals surface area contributed by atoms with E-state index in [0.29, 0.717) is 35.2 Å². The first-order valence-corrected chi connectivity index (χ1v) is 9.46. The lowest BCUT2D eigenvalue weighted by Crippen LogP contribution is -2.39. The highest BCUT2D eigenvalue weighted by molar-refractivity contribution is 5.88. The fourth-order valence-corrected chi connectivity index (χ4v) is 3.73. The molecule has 156 valence electrons. The Hall–Kier alpha value is -2.87. The number of amides is 1. The number of likely N-dealkylation sites (N-methyl/N-ethyl adjacent to an activating group) is 1. The molecule has 1 aromatic heterocycles. The number of methoxy groups -OCH3 is 1. The second-order valence-electron chi connectivity index (χ2n) is 7.54. The first-order valence-electron chi connectivity index (χ1n) is 9.46. The van der Waals surface area contributed by atoms with Crippen molar-refractivity contribution in [3.63, 3.8) is 0 Å². The standard InChI is InChI=1S/C21H26N2O6/c1-11-6-16(19-12(2)13(3)20(25)29-17(19)7-11)28-10-18(24)22-14-8-15(21(26)27-5)23(4)9-14/h6-7,14-15H,8-10H2,1-5H3,(H,22,24)/t14-,15+/m1/s1. The van der Waals surface area contributed by atoms with Gasteiger partial charge in [0.25, 0.3) is 5.91 Å². The average molecular weight is 402 g/mol. The zero-order valence-corrected chi connectivity index (χ0v) is 17.3. The van der Waals surface area contributed by atoms with Gasteiger partial charge in [0, 0.05) is 18.2 Å². The summed E-state index contributed by atoms with van der Waals surface area (Å²) in [5.74, 6) is -0.0927. The third-order valence-electron chi connectivity index (χ3n) is 5.40. The molecule has 2 heterocycles. The number of hydrogen-bond acceptors (Lipinski definition) is 7. The van der Waals surface area contributed by atoms with Crippen LogP contribution in [0.3, 0.4) is 0 Å². The Labute approximate surface area is 168 Å². The van der Waals surface area contributed by atoms with Crippen LogP contribution in [0.25, 0.3) is 11.0 Å². The largest absolute Gasteiger partial charge is 0.483 e. The smallest absolute Gasteiger partial charge is 0.339 e. The van der Waals surface area contributed by atoms with Gasteiger partial charge < -0.3 is 19.2 Å². The number of benzene rings is 1. The maximum atomic E-state index is 12.4. The maximum Gasteiger partial charge on any atom is 0.339 e. The van der Waals surface area contributed by atoms with Gasteiger partial charge in [-0.1, -0.05) is 0 Å². The molecular weight excluding hydrogens is 376 g/mol. The van der Waals surface area contributed by atoms with E-state index in [1.807, 2.05) is 31.9 Å². The number of fused-ring (bicyclic) bond motifs is 1. The molecule has 0 saturated carbocycles. The number of nitrogens with one attached hydrogen (secondary N) is 1. The predicted octanol–water partition coefficient (Wildman–Crippen LogP) is 1.46. The second kappa shape index (κ2) is 8.24. The summed E-state index contributed by atoms with van der Waals surface area (Å²) in [6, 6.07) is 3.08. The van der Waals surface area contributed by atoms with Crippen molar-refractivity contribution in [3.05, 3.63) is 39.2 Å². The molecule has 1 aromatic carbocycles. The molecule has 0 bridgehead atoms. The molecule has 3 rings (SSSR count). The summed E-state index contributed by atoms with van der Waals surface area (Å²) in [6.07, 6.45) is 0.492. The first kappa shape index (κ1) is 20.9. The predicted molar refractivity (Wildman–Crippen MR) is 107 cm³/mol. The molecule has 29 heavy (non-hydrogen) atoms. The van der Waals surface area contributed by atoms with Crippen LogP contribution in [0.2, 0.25) is 0 Å². The molecule has 0 unspecified atom stereocenters. The molecule has 8 heteroatoms. The minimum Gasteiger partial charge on any atom is -0.483 e. The molecule has 8 nitrogen and oxygen atoms in total. The van der Waals surface area contributed by atoms with E-state index in [2.05, 4.69) is 5.32 Å². The van der Waals surface area contributed by atoms with Gasteiger partial charge in [-0.15, -0.1) is 0 Å². The summed E-state index contributed by atoms with van der Waals surface area (Å²) in [5.41, 5.74) is 2.20. The molecule has 0 radical (unpaired) electrons. The van der Waals surface area contributed by atoms with Crippen molar-refractivity contribution >= 4 is 22.8 Å². The minimum atomic E-state index is -0.380. The SMILES string of the molecule is COC(=O)[C@@H]1C[C@@H](NC(=O)COc2cc(C)cc3oc(=O)c(C)c(C)c23)CN1C. The summed E-state index contributed by atoms with van der Waals surface area (Å²) in [7, 11) is 3.18. The lowest BCUT2D eigenvalue weighted by Gasteiger charge is -2.15. The topological polar surface area (TPSA) is 98.1 Å². The molecule has 1 aliphatic heterocycles. The van der Waals surface area contributed by atoms with Crippen molar-refractivity contribution in [1.29, 1.82) is 0 Å². The van der Waals surface area contributed by atoms with Crippen LogP contribution in [-0.2, 0) is 14.3 Å². The lowest BCUT2D eigenvalue weighted by atomic mass is 10.0. The van der Waals surface area contributed by atoms with Crippen LogP contribution in [0, 0.1) is 20.8 Å². The minimum absolute atomic E-state index is 0.156. The quantitative estimate of drug-likeness (QED) is 0.597. The number of nitrogens with zero attached hydrogens (tertiary/aromatic N) is 1. The molecule has 2 atom stereocenters. The number of rotatable bonds is 5. The highest BCUT2D eigenvalue weighted by atomic mass is 16.5. The molecule has 1 amide bonds. The molecular formula is C21H26N2O6.